The molecular formula is C19H15F3O2S. The van der Waals surface area contributed by atoms with E-state index < -0.39 is 11.1 Å². The van der Waals surface area contributed by atoms with E-state index >= 15 is 0 Å². The second kappa shape index (κ2) is 6.88. The topological polar surface area (TPSA) is 18.5 Å². The minimum atomic E-state index is -4.41. The molecule has 0 saturated carbocycles. The van der Waals surface area contributed by atoms with E-state index in [4.69, 9.17) is 9.47 Å². The number of alkyl halides is 3. The number of hydrogen-bond donors (Lipinski definition) is 0. The maximum absolute atomic E-state index is 13.3. The van der Waals surface area contributed by atoms with E-state index in [-0.39, 0.29) is 0 Å². The summed E-state index contributed by atoms with van der Waals surface area (Å²) in [7, 11) is 2.95. The van der Waals surface area contributed by atoms with Crippen molar-refractivity contribution in [1.82, 2.24) is 0 Å². The maximum atomic E-state index is 13.3. The van der Waals surface area contributed by atoms with Crippen molar-refractivity contribution in [3.05, 3.63) is 64.1 Å². The number of halogens is 3. The molecule has 0 N–H and O–H groups in total. The van der Waals surface area contributed by atoms with Crippen LogP contribution in [0.1, 0.15) is 16.7 Å². The highest BCUT2D eigenvalue weighted by Crippen LogP contribution is 2.50. The Morgan fingerprint density at radius 2 is 1.60 bits per heavy atom. The van der Waals surface area contributed by atoms with Crippen LogP contribution in [-0.2, 0) is 0 Å². The minimum absolute atomic E-state index is 0.394. The Morgan fingerprint density at radius 3 is 2.20 bits per heavy atom. The molecule has 130 valence electrons. The SMILES string of the molecule is COc1cc2c(cc1OC)/C(=C/c1ccccc1)SC(C(F)(F)F)=C2. The number of hydrogen-bond acceptors (Lipinski definition) is 3. The van der Waals surface area contributed by atoms with Crippen LogP contribution in [-0.4, -0.2) is 20.4 Å². The van der Waals surface area contributed by atoms with Crippen molar-refractivity contribution in [2.24, 2.45) is 0 Å². The summed E-state index contributed by atoms with van der Waals surface area (Å²) >= 11 is 0.709. The van der Waals surface area contributed by atoms with Gasteiger partial charge in [-0.3, -0.25) is 0 Å². The first-order valence-electron chi connectivity index (χ1n) is 7.42. The molecule has 0 saturated heterocycles. The van der Waals surface area contributed by atoms with Crippen molar-refractivity contribution in [3.63, 3.8) is 0 Å². The van der Waals surface area contributed by atoms with E-state index in [1.54, 1.807) is 18.2 Å². The van der Waals surface area contributed by atoms with Gasteiger partial charge in [-0.15, -0.1) is 0 Å². The lowest BCUT2D eigenvalue weighted by Crippen LogP contribution is -2.11. The molecule has 0 aliphatic carbocycles. The molecular weight excluding hydrogens is 349 g/mol. The third-order valence-electron chi connectivity index (χ3n) is 3.70. The van der Waals surface area contributed by atoms with Crippen LogP contribution in [0.2, 0.25) is 0 Å². The first-order valence-corrected chi connectivity index (χ1v) is 8.24. The fourth-order valence-electron chi connectivity index (χ4n) is 2.52. The molecule has 0 unspecified atom stereocenters. The maximum Gasteiger partial charge on any atom is 0.422 e. The van der Waals surface area contributed by atoms with Gasteiger partial charge in [0, 0.05) is 4.91 Å². The first kappa shape index (κ1) is 17.5. The molecule has 2 aromatic rings. The summed E-state index contributed by atoms with van der Waals surface area (Å²) in [6.07, 6.45) is -1.52. The van der Waals surface area contributed by atoms with Gasteiger partial charge in [0.15, 0.2) is 11.5 Å². The predicted octanol–water partition coefficient (Wildman–Crippen LogP) is 5.85. The quantitative estimate of drug-likeness (QED) is 0.680. The van der Waals surface area contributed by atoms with Crippen molar-refractivity contribution in [3.8, 4) is 11.5 Å². The van der Waals surface area contributed by atoms with Crippen LogP contribution in [0.25, 0.3) is 17.1 Å². The molecule has 0 spiro atoms. The van der Waals surface area contributed by atoms with Gasteiger partial charge in [0.2, 0.25) is 0 Å². The van der Waals surface area contributed by atoms with Crippen molar-refractivity contribution < 1.29 is 22.6 Å². The van der Waals surface area contributed by atoms with Crippen LogP contribution < -0.4 is 9.47 Å². The van der Waals surface area contributed by atoms with Crippen molar-refractivity contribution >= 4 is 28.8 Å². The second-order valence-corrected chi connectivity index (χ2v) is 6.41. The van der Waals surface area contributed by atoms with E-state index in [9.17, 15) is 13.2 Å². The van der Waals surface area contributed by atoms with E-state index in [1.807, 2.05) is 30.3 Å². The number of benzene rings is 2. The van der Waals surface area contributed by atoms with Crippen molar-refractivity contribution in [2.45, 2.75) is 6.18 Å². The summed E-state index contributed by atoms with van der Waals surface area (Å²) in [5.41, 5.74) is 1.96. The van der Waals surface area contributed by atoms with Crippen LogP contribution in [0, 0.1) is 0 Å². The zero-order valence-corrected chi connectivity index (χ0v) is 14.4. The zero-order chi connectivity index (χ0) is 18.0. The normalized spacial score (nSPS) is 15.6. The average molecular weight is 364 g/mol. The smallest absolute Gasteiger partial charge is 0.422 e. The van der Waals surface area contributed by atoms with Crippen LogP contribution in [0.3, 0.4) is 0 Å². The lowest BCUT2D eigenvalue weighted by atomic mass is 10.0. The number of fused-ring (bicyclic) bond motifs is 1. The summed E-state index contributed by atoms with van der Waals surface area (Å²) in [5, 5.41) is 0. The number of rotatable bonds is 3. The van der Waals surface area contributed by atoms with Gasteiger partial charge in [-0.05, 0) is 41.0 Å². The van der Waals surface area contributed by atoms with Crippen LogP contribution in [0.15, 0.2) is 47.4 Å². The molecule has 0 radical (unpaired) electrons. The lowest BCUT2D eigenvalue weighted by molar-refractivity contribution is -0.0827. The van der Waals surface area contributed by atoms with Crippen LogP contribution >= 0.6 is 11.8 Å². The van der Waals surface area contributed by atoms with Gasteiger partial charge < -0.3 is 9.47 Å². The average Bonchev–Trinajstić information content (AvgIpc) is 2.60. The Kier molecular flexibility index (Phi) is 4.81. The molecule has 0 atom stereocenters. The summed E-state index contributed by atoms with van der Waals surface area (Å²) in [4.78, 5) is -0.147. The van der Waals surface area contributed by atoms with Gasteiger partial charge in [-0.2, -0.15) is 13.2 Å². The largest absolute Gasteiger partial charge is 0.493 e. The first-order chi connectivity index (χ1) is 11.9. The van der Waals surface area contributed by atoms with E-state index in [0.717, 1.165) is 11.6 Å². The highest BCUT2D eigenvalue weighted by atomic mass is 32.2. The van der Waals surface area contributed by atoms with Gasteiger partial charge in [-0.25, -0.2) is 0 Å². The number of ether oxygens (including phenoxy) is 2. The second-order valence-electron chi connectivity index (χ2n) is 5.32. The summed E-state index contributed by atoms with van der Waals surface area (Å²) in [5.74, 6) is 0.870. The summed E-state index contributed by atoms with van der Waals surface area (Å²) in [6.45, 7) is 0. The fourth-order valence-corrected chi connectivity index (χ4v) is 3.54. The highest BCUT2D eigenvalue weighted by molar-refractivity contribution is 8.12. The third-order valence-corrected chi connectivity index (χ3v) is 4.83. The molecule has 6 heteroatoms. The number of allylic oxidation sites excluding steroid dienone is 1. The Bertz CT molecular complexity index is 840. The monoisotopic (exact) mass is 364 g/mol. The molecule has 0 fully saturated rings. The van der Waals surface area contributed by atoms with Gasteiger partial charge in [0.1, 0.15) is 0 Å². The predicted molar refractivity (Wildman–Crippen MR) is 95.5 cm³/mol. The molecule has 1 aliphatic heterocycles. The van der Waals surface area contributed by atoms with Crippen LogP contribution in [0.4, 0.5) is 13.2 Å². The van der Waals surface area contributed by atoms with Crippen molar-refractivity contribution in [1.29, 1.82) is 0 Å². The van der Waals surface area contributed by atoms with Gasteiger partial charge >= 0.3 is 6.18 Å². The molecule has 2 aromatic carbocycles. The molecule has 1 heterocycles. The lowest BCUT2D eigenvalue weighted by Gasteiger charge is -2.22. The standard InChI is InChI=1S/C19H15F3O2S/c1-23-15-9-13-10-18(19(20,21)22)25-17(14(13)11-16(15)24-2)8-12-6-4-3-5-7-12/h3-11H,1-2H3/b17-8-. The minimum Gasteiger partial charge on any atom is -0.493 e. The van der Waals surface area contributed by atoms with E-state index in [1.165, 1.54) is 14.2 Å². The number of thioether (sulfide) groups is 1. The Labute approximate surface area is 148 Å². The summed E-state index contributed by atoms with van der Waals surface area (Å²) < 4.78 is 50.4. The fraction of sp³-hybridized carbons (Fsp3) is 0.158. The third kappa shape index (κ3) is 3.69. The highest BCUT2D eigenvalue weighted by Gasteiger charge is 2.37. The van der Waals surface area contributed by atoms with Crippen LogP contribution in [0.5, 0.6) is 11.5 Å². The molecule has 3 rings (SSSR count). The summed E-state index contributed by atoms with van der Waals surface area (Å²) in [6, 6.07) is 12.5. The number of methoxy groups -OCH3 is 2. The molecule has 0 amide bonds. The van der Waals surface area contributed by atoms with E-state index in [0.29, 0.717) is 39.3 Å². The Hall–Kier alpha value is -2.34. The molecule has 2 nitrogen and oxygen atoms in total. The molecule has 0 aromatic heterocycles. The van der Waals surface area contributed by atoms with Gasteiger partial charge in [0.25, 0.3) is 0 Å². The Balaban J connectivity index is 2.19. The zero-order valence-electron chi connectivity index (χ0n) is 13.6. The van der Waals surface area contributed by atoms with Crippen molar-refractivity contribution in [2.75, 3.05) is 14.2 Å². The molecule has 1 aliphatic rings. The van der Waals surface area contributed by atoms with E-state index in [2.05, 4.69) is 0 Å². The van der Waals surface area contributed by atoms with Gasteiger partial charge in [-0.1, -0.05) is 42.1 Å². The van der Waals surface area contributed by atoms with Gasteiger partial charge in [0.05, 0.1) is 19.1 Å². The molecule has 0 bridgehead atoms. The molecule has 25 heavy (non-hydrogen) atoms. The Morgan fingerprint density at radius 1 is 0.960 bits per heavy atom.